The van der Waals surface area contributed by atoms with Gasteiger partial charge in [0.1, 0.15) is 35.2 Å². The molecule has 3 aliphatic rings. The number of benzene rings is 2. The van der Waals surface area contributed by atoms with Gasteiger partial charge in [-0.05, 0) is 36.8 Å². The van der Waals surface area contributed by atoms with Gasteiger partial charge < -0.3 is 25.0 Å². The smallest absolute Gasteiger partial charge is 0.259 e. The fourth-order valence-corrected chi connectivity index (χ4v) is 8.17. The Balaban J connectivity index is 1.34. The number of hydrogen-bond acceptors (Lipinski definition) is 9. The Bertz CT molecular complexity index is 2050. The monoisotopic (exact) mass is 745 g/mol. The molecule has 14 heteroatoms. The molecule has 5 atom stereocenters. The molecule has 3 fully saturated rings. The molecule has 0 radical (unpaired) electrons. The van der Waals surface area contributed by atoms with Crippen molar-refractivity contribution in [2.24, 2.45) is 11.3 Å². The summed E-state index contributed by atoms with van der Waals surface area (Å²) in [5.74, 6) is -1.70. The van der Waals surface area contributed by atoms with E-state index in [4.69, 9.17) is 14.5 Å². The van der Waals surface area contributed by atoms with Crippen molar-refractivity contribution in [3.8, 4) is 22.8 Å². The van der Waals surface area contributed by atoms with Crippen LogP contribution in [0.3, 0.4) is 0 Å². The Morgan fingerprint density at radius 1 is 1.09 bits per heavy atom. The van der Waals surface area contributed by atoms with Gasteiger partial charge in [-0.3, -0.25) is 23.9 Å². The third kappa shape index (κ3) is 7.87. The number of fused-ring (bicyclic) bond motifs is 1. The van der Waals surface area contributed by atoms with Crippen molar-refractivity contribution < 1.29 is 37.1 Å². The predicted molar refractivity (Wildman–Crippen MR) is 199 cm³/mol. The van der Waals surface area contributed by atoms with Crippen LogP contribution in [0.2, 0.25) is 0 Å². The highest BCUT2D eigenvalue weighted by molar-refractivity contribution is 7.91. The predicted octanol–water partition coefficient (Wildman–Crippen LogP) is 3.87. The molecule has 1 aromatic heterocycles. The average molecular weight is 746 g/mol. The molecule has 0 spiro atoms. The first-order chi connectivity index (χ1) is 25.1. The molecule has 0 unspecified atom stereocenters. The minimum absolute atomic E-state index is 0.00766. The molecule has 3 aromatic rings. The van der Waals surface area contributed by atoms with Crippen LogP contribution in [0, 0.1) is 11.3 Å². The Labute approximate surface area is 309 Å². The van der Waals surface area contributed by atoms with Crippen molar-refractivity contribution in [2.45, 2.75) is 88.8 Å². The molecule has 2 saturated carbocycles. The largest absolute Gasteiger partial charge is 0.497 e. The van der Waals surface area contributed by atoms with Crippen LogP contribution in [0.15, 0.2) is 67.3 Å². The summed E-state index contributed by atoms with van der Waals surface area (Å²) in [4.78, 5) is 61.2. The molecule has 282 valence electrons. The van der Waals surface area contributed by atoms with Crippen molar-refractivity contribution in [1.29, 1.82) is 0 Å². The first-order valence-corrected chi connectivity index (χ1v) is 19.5. The first kappa shape index (κ1) is 37.8. The van der Waals surface area contributed by atoms with Crippen LogP contribution in [0.1, 0.15) is 59.8 Å². The van der Waals surface area contributed by atoms with Crippen LogP contribution < -0.4 is 24.8 Å². The maximum Gasteiger partial charge on any atom is 0.259 e. The number of carbonyl (C=O) groups excluding carboxylic acids is 4. The van der Waals surface area contributed by atoms with E-state index in [9.17, 15) is 27.6 Å². The zero-order valence-corrected chi connectivity index (χ0v) is 31.5. The lowest BCUT2D eigenvalue weighted by molar-refractivity contribution is -0.144. The van der Waals surface area contributed by atoms with E-state index in [2.05, 4.69) is 21.9 Å². The van der Waals surface area contributed by atoms with Gasteiger partial charge in [-0.1, -0.05) is 64.1 Å². The summed E-state index contributed by atoms with van der Waals surface area (Å²) in [6.07, 6.45) is 2.10. The highest BCUT2D eigenvalue weighted by Gasteiger charge is 2.62. The number of sulfonamides is 1. The molecule has 1 aliphatic heterocycles. The minimum Gasteiger partial charge on any atom is -0.497 e. The summed E-state index contributed by atoms with van der Waals surface area (Å²) in [7, 11) is -2.32. The average Bonchev–Trinajstić information content (AvgIpc) is 4.06. The Morgan fingerprint density at radius 2 is 1.81 bits per heavy atom. The van der Waals surface area contributed by atoms with Gasteiger partial charge in [0, 0.05) is 41.8 Å². The van der Waals surface area contributed by atoms with E-state index in [0.717, 1.165) is 5.56 Å². The number of amides is 4. The molecule has 2 aliphatic carbocycles. The zero-order chi connectivity index (χ0) is 38.3. The second-order valence-corrected chi connectivity index (χ2v) is 17.1. The van der Waals surface area contributed by atoms with Crippen molar-refractivity contribution >= 4 is 44.6 Å². The molecule has 6 rings (SSSR count). The number of pyridine rings is 1. The quantitative estimate of drug-likeness (QED) is 0.220. The molecule has 2 aromatic carbocycles. The third-order valence-electron chi connectivity index (χ3n) is 10.2. The van der Waals surface area contributed by atoms with E-state index >= 15 is 0 Å². The van der Waals surface area contributed by atoms with E-state index in [1.165, 1.54) is 11.0 Å². The summed E-state index contributed by atoms with van der Waals surface area (Å²) in [5, 5.41) is 5.71. The molecule has 3 N–H and O–H groups in total. The summed E-state index contributed by atoms with van der Waals surface area (Å²) in [6.45, 7) is 10.9. The second kappa shape index (κ2) is 14.4. The summed E-state index contributed by atoms with van der Waals surface area (Å²) in [6, 6.07) is 14.8. The molecule has 1 saturated heterocycles. The fraction of sp³-hybridized carbons (Fsp3) is 0.462. The van der Waals surface area contributed by atoms with E-state index in [-0.39, 0.29) is 31.7 Å². The lowest BCUT2D eigenvalue weighted by Crippen LogP contribution is -2.60. The fourth-order valence-electron chi connectivity index (χ4n) is 6.81. The lowest BCUT2D eigenvalue weighted by atomic mass is 9.85. The summed E-state index contributed by atoms with van der Waals surface area (Å²) < 4.78 is 39.7. The topological polar surface area (TPSA) is 173 Å². The van der Waals surface area contributed by atoms with Crippen LogP contribution in [0.4, 0.5) is 0 Å². The van der Waals surface area contributed by atoms with Crippen molar-refractivity contribution in [3.63, 3.8) is 0 Å². The number of rotatable bonds is 13. The zero-order valence-electron chi connectivity index (χ0n) is 30.7. The van der Waals surface area contributed by atoms with Gasteiger partial charge in [-0.2, -0.15) is 0 Å². The van der Waals surface area contributed by atoms with Crippen LogP contribution in [0.5, 0.6) is 11.5 Å². The number of carbonyl (C=O) groups is 4. The lowest BCUT2D eigenvalue weighted by Gasteiger charge is -2.35. The maximum atomic E-state index is 14.5. The first-order valence-electron chi connectivity index (χ1n) is 17.9. The molecular weight excluding hydrogens is 699 g/mol. The van der Waals surface area contributed by atoms with E-state index in [1.807, 2.05) is 63.2 Å². The maximum absolute atomic E-state index is 14.5. The van der Waals surface area contributed by atoms with Crippen LogP contribution in [-0.2, 0) is 29.2 Å². The number of likely N-dealkylation sites (tertiary alicyclic amines) is 1. The highest BCUT2D eigenvalue weighted by Crippen LogP contribution is 2.46. The van der Waals surface area contributed by atoms with Gasteiger partial charge in [0.05, 0.1) is 30.1 Å². The van der Waals surface area contributed by atoms with Gasteiger partial charge in [-0.15, -0.1) is 6.58 Å². The number of aromatic nitrogens is 1. The van der Waals surface area contributed by atoms with Gasteiger partial charge >= 0.3 is 0 Å². The number of nitrogens with one attached hydrogen (secondary N) is 3. The van der Waals surface area contributed by atoms with Gasteiger partial charge in [0.25, 0.3) is 5.91 Å². The third-order valence-corrected chi connectivity index (χ3v) is 12.0. The summed E-state index contributed by atoms with van der Waals surface area (Å²) in [5.41, 5.74) is -0.144. The number of nitrogens with zero attached hydrogens (tertiary/aromatic N) is 2. The van der Waals surface area contributed by atoms with Gasteiger partial charge in [0.2, 0.25) is 27.7 Å². The second-order valence-electron chi connectivity index (χ2n) is 15.1. The van der Waals surface area contributed by atoms with Crippen molar-refractivity contribution in [1.82, 2.24) is 25.2 Å². The van der Waals surface area contributed by atoms with Crippen LogP contribution in [0.25, 0.3) is 22.2 Å². The van der Waals surface area contributed by atoms with E-state index in [0.29, 0.717) is 40.9 Å². The number of methoxy groups -OCH3 is 1. The number of hydrogen-bond donors (Lipinski definition) is 3. The van der Waals surface area contributed by atoms with E-state index < -0.39 is 68.1 Å². The van der Waals surface area contributed by atoms with Gasteiger partial charge in [0.15, 0.2) is 0 Å². The van der Waals surface area contributed by atoms with Crippen molar-refractivity contribution in [3.05, 3.63) is 67.3 Å². The van der Waals surface area contributed by atoms with Gasteiger partial charge in [-0.25, -0.2) is 13.4 Å². The SMILES string of the molecule is C=C[C@@H]1C[C@]1(NC(=O)[C@@H]1C[C@@H](Oc2cc(-c3ccccc3)nc3cc(OC)ccc23)CN1C(=O)[C@@H](NC(=O)CC)C(C)(C)C)C(=O)NS(=O)(=O)C1CC1. The summed E-state index contributed by atoms with van der Waals surface area (Å²) >= 11 is 0. The molecular formula is C39H47N5O8S. The van der Waals surface area contributed by atoms with E-state index in [1.54, 1.807) is 26.2 Å². The van der Waals surface area contributed by atoms with Crippen molar-refractivity contribution in [2.75, 3.05) is 13.7 Å². The normalized spacial score (nSPS) is 23.1. The standard InChI is InChI=1S/C39H47N5O8S/c1-7-24-21-39(24,37(48)43-53(49,50)27-15-16-27)42-35(46)31-19-26(22-44(31)36(47)34(38(3,4)5)41-33(45)8-2)52-32-20-29(23-12-10-9-11-13-23)40-30-18-25(51-6)14-17-28(30)32/h7,9-14,17-18,20,24,26-27,31,34H,1,8,15-16,19,21-22H2,2-6H3,(H,41,45)(H,42,46)(H,43,48)/t24-,26-,31+,34-,39-/m1/s1. The molecule has 13 nitrogen and oxygen atoms in total. The Hall–Kier alpha value is -4.98. The highest BCUT2D eigenvalue weighted by atomic mass is 32.2. The molecule has 4 amide bonds. The molecule has 2 heterocycles. The number of ether oxygens (including phenoxy) is 2. The van der Waals surface area contributed by atoms with Crippen LogP contribution >= 0.6 is 0 Å². The Kier molecular flexibility index (Phi) is 10.3. The van der Waals surface area contributed by atoms with Crippen LogP contribution in [-0.4, -0.2) is 84.6 Å². The minimum atomic E-state index is -3.89. The Morgan fingerprint density at radius 3 is 2.42 bits per heavy atom. The molecule has 0 bridgehead atoms. The molecule has 53 heavy (non-hydrogen) atoms.